The zero-order chi connectivity index (χ0) is 27.9. The van der Waals surface area contributed by atoms with E-state index in [1.165, 1.54) is 32.1 Å². The minimum atomic E-state index is -0.144. The molecule has 4 heteroatoms. The van der Waals surface area contributed by atoms with Crippen LogP contribution >= 0.6 is 0 Å². The predicted octanol–water partition coefficient (Wildman–Crippen LogP) is 8.57. The van der Waals surface area contributed by atoms with Gasteiger partial charge in [-0.1, -0.05) is 80.1 Å². The molecule has 2 unspecified atom stereocenters. The summed E-state index contributed by atoms with van der Waals surface area (Å²) in [6.07, 6.45) is 13.4. The zero-order valence-electron chi connectivity index (χ0n) is 26.2. The number of aliphatic hydroxyl groups is 2. The standard InChI is InChI=1S/C32H66O4/c1-27(19-24-34)17-15-21-30(5,6)32(9,10)36-26-20-28(2)18-16-22-29(3,4)31(7,8)35-25-14-12-11-13-23-33/h27-28,33-34H,11-26H2,1-10H3. The van der Waals surface area contributed by atoms with E-state index in [1.54, 1.807) is 0 Å². The van der Waals surface area contributed by atoms with E-state index in [1.807, 2.05) is 0 Å². The molecule has 2 N–H and O–H groups in total. The maximum absolute atomic E-state index is 9.13. The Morgan fingerprint density at radius 1 is 0.500 bits per heavy atom. The summed E-state index contributed by atoms with van der Waals surface area (Å²) in [6, 6.07) is 0. The third-order valence-electron chi connectivity index (χ3n) is 9.47. The molecule has 0 aromatic rings. The fourth-order valence-corrected chi connectivity index (χ4v) is 4.70. The van der Waals surface area contributed by atoms with Crippen LogP contribution in [0.1, 0.15) is 146 Å². The third-order valence-corrected chi connectivity index (χ3v) is 9.47. The highest BCUT2D eigenvalue weighted by Gasteiger charge is 2.38. The maximum Gasteiger partial charge on any atom is 0.0677 e. The van der Waals surface area contributed by atoms with Gasteiger partial charge < -0.3 is 19.7 Å². The lowest BCUT2D eigenvalue weighted by atomic mass is 9.73. The summed E-state index contributed by atoms with van der Waals surface area (Å²) < 4.78 is 12.8. The molecular formula is C32H66O4. The Bertz CT molecular complexity index is 538. The van der Waals surface area contributed by atoms with Gasteiger partial charge in [-0.15, -0.1) is 0 Å². The summed E-state index contributed by atoms with van der Waals surface area (Å²) in [4.78, 5) is 0. The Morgan fingerprint density at radius 3 is 1.42 bits per heavy atom. The molecule has 218 valence electrons. The van der Waals surface area contributed by atoms with E-state index in [0.717, 1.165) is 58.2 Å². The van der Waals surface area contributed by atoms with E-state index in [2.05, 4.69) is 69.2 Å². The molecule has 0 rings (SSSR count). The summed E-state index contributed by atoms with van der Waals surface area (Å²) in [5, 5.41) is 18.0. The van der Waals surface area contributed by atoms with Crippen LogP contribution in [-0.4, -0.2) is 47.8 Å². The second-order valence-corrected chi connectivity index (χ2v) is 13.9. The first-order chi connectivity index (χ1) is 16.6. The van der Waals surface area contributed by atoms with Crippen molar-refractivity contribution in [2.24, 2.45) is 22.7 Å². The summed E-state index contributed by atoms with van der Waals surface area (Å²) in [7, 11) is 0. The molecule has 0 aliphatic carbocycles. The van der Waals surface area contributed by atoms with Gasteiger partial charge in [0.1, 0.15) is 0 Å². The lowest BCUT2D eigenvalue weighted by Gasteiger charge is -2.42. The average molecular weight is 515 g/mol. The summed E-state index contributed by atoms with van der Waals surface area (Å²) in [6.45, 7) is 25.2. The van der Waals surface area contributed by atoms with Gasteiger partial charge in [-0.3, -0.25) is 0 Å². The molecule has 0 aliphatic heterocycles. The monoisotopic (exact) mass is 514 g/mol. The first kappa shape index (κ1) is 35.8. The van der Waals surface area contributed by atoms with E-state index in [0.29, 0.717) is 25.0 Å². The van der Waals surface area contributed by atoms with E-state index in [4.69, 9.17) is 19.7 Å². The Morgan fingerprint density at radius 2 is 0.944 bits per heavy atom. The van der Waals surface area contributed by atoms with Gasteiger partial charge >= 0.3 is 0 Å². The van der Waals surface area contributed by atoms with Crippen molar-refractivity contribution >= 4 is 0 Å². The van der Waals surface area contributed by atoms with Gasteiger partial charge in [0.05, 0.1) is 11.2 Å². The van der Waals surface area contributed by atoms with Crippen LogP contribution in [-0.2, 0) is 9.47 Å². The smallest absolute Gasteiger partial charge is 0.0677 e. The fourth-order valence-electron chi connectivity index (χ4n) is 4.70. The van der Waals surface area contributed by atoms with E-state index in [9.17, 15) is 0 Å². The molecule has 0 bridgehead atoms. The highest BCUT2D eigenvalue weighted by Crippen LogP contribution is 2.40. The lowest BCUT2D eigenvalue weighted by molar-refractivity contribution is -0.106. The third kappa shape index (κ3) is 14.1. The first-order valence-corrected chi connectivity index (χ1v) is 15.1. The minimum absolute atomic E-state index is 0.129. The van der Waals surface area contributed by atoms with Gasteiger partial charge in [0.2, 0.25) is 0 Å². The van der Waals surface area contributed by atoms with Crippen LogP contribution < -0.4 is 0 Å². The van der Waals surface area contributed by atoms with Gasteiger partial charge in [-0.05, 0) is 88.9 Å². The number of ether oxygens (including phenoxy) is 2. The maximum atomic E-state index is 9.13. The molecule has 0 saturated heterocycles. The van der Waals surface area contributed by atoms with Gasteiger partial charge in [0, 0.05) is 26.4 Å². The first-order valence-electron chi connectivity index (χ1n) is 15.1. The Balaban J connectivity index is 4.32. The van der Waals surface area contributed by atoms with Crippen LogP contribution in [0.4, 0.5) is 0 Å². The van der Waals surface area contributed by atoms with Crippen LogP contribution in [0.2, 0.25) is 0 Å². The average Bonchev–Trinajstić information content (AvgIpc) is 2.75. The number of hydrogen-bond donors (Lipinski definition) is 2. The topological polar surface area (TPSA) is 58.9 Å². The Labute approximate surface area is 226 Å². The van der Waals surface area contributed by atoms with Crippen molar-refractivity contribution in [1.29, 1.82) is 0 Å². The minimum Gasteiger partial charge on any atom is -0.396 e. The SMILES string of the molecule is CC(CCO)CCCC(C)(C)C(C)(C)OCCC(C)CCCC(C)(C)C(C)(C)OCCCCCCO. The van der Waals surface area contributed by atoms with E-state index < -0.39 is 0 Å². The molecule has 0 aromatic heterocycles. The Kier molecular flexibility index (Phi) is 17.4. The van der Waals surface area contributed by atoms with Crippen molar-refractivity contribution in [3.05, 3.63) is 0 Å². The molecule has 0 fully saturated rings. The van der Waals surface area contributed by atoms with Crippen molar-refractivity contribution in [3.63, 3.8) is 0 Å². The molecule has 0 spiro atoms. The summed E-state index contributed by atoms with van der Waals surface area (Å²) in [5.41, 5.74) is -0.0190. The van der Waals surface area contributed by atoms with Gasteiger partial charge in [-0.2, -0.15) is 0 Å². The fraction of sp³-hybridized carbons (Fsp3) is 1.00. The van der Waals surface area contributed by atoms with Crippen molar-refractivity contribution < 1.29 is 19.7 Å². The summed E-state index contributed by atoms with van der Waals surface area (Å²) >= 11 is 0. The van der Waals surface area contributed by atoms with Crippen LogP contribution in [0.25, 0.3) is 0 Å². The van der Waals surface area contributed by atoms with E-state index in [-0.39, 0.29) is 22.0 Å². The molecule has 0 radical (unpaired) electrons. The second-order valence-electron chi connectivity index (χ2n) is 13.9. The molecule has 0 aliphatic rings. The second kappa shape index (κ2) is 17.4. The van der Waals surface area contributed by atoms with Gasteiger partial charge in [0.25, 0.3) is 0 Å². The highest BCUT2D eigenvalue weighted by atomic mass is 16.5. The molecular weight excluding hydrogens is 448 g/mol. The number of unbranched alkanes of at least 4 members (excludes halogenated alkanes) is 3. The Hall–Kier alpha value is -0.160. The van der Waals surface area contributed by atoms with Crippen molar-refractivity contribution in [1.82, 2.24) is 0 Å². The van der Waals surface area contributed by atoms with E-state index >= 15 is 0 Å². The number of hydrogen-bond acceptors (Lipinski definition) is 4. The molecule has 0 saturated carbocycles. The van der Waals surface area contributed by atoms with Crippen molar-refractivity contribution in [2.75, 3.05) is 26.4 Å². The molecule has 4 nitrogen and oxygen atoms in total. The zero-order valence-corrected chi connectivity index (χ0v) is 26.2. The van der Waals surface area contributed by atoms with Gasteiger partial charge in [0.15, 0.2) is 0 Å². The molecule has 2 atom stereocenters. The normalized spacial score (nSPS) is 15.3. The van der Waals surface area contributed by atoms with Gasteiger partial charge in [-0.25, -0.2) is 0 Å². The molecule has 36 heavy (non-hydrogen) atoms. The molecule has 0 heterocycles. The largest absolute Gasteiger partial charge is 0.396 e. The van der Waals surface area contributed by atoms with Crippen molar-refractivity contribution in [2.45, 2.75) is 157 Å². The van der Waals surface area contributed by atoms with Crippen molar-refractivity contribution in [3.8, 4) is 0 Å². The van der Waals surface area contributed by atoms with Crippen LogP contribution in [0, 0.1) is 22.7 Å². The lowest BCUT2D eigenvalue weighted by Crippen LogP contribution is -2.42. The predicted molar refractivity (Wildman–Crippen MR) is 156 cm³/mol. The molecule has 0 amide bonds. The number of rotatable bonds is 23. The van der Waals surface area contributed by atoms with Crippen LogP contribution in [0.15, 0.2) is 0 Å². The quantitative estimate of drug-likeness (QED) is 0.134. The summed E-state index contributed by atoms with van der Waals surface area (Å²) in [5.74, 6) is 1.26. The highest BCUT2D eigenvalue weighted by molar-refractivity contribution is 4.89. The van der Waals surface area contributed by atoms with Crippen LogP contribution in [0.5, 0.6) is 0 Å². The van der Waals surface area contributed by atoms with Crippen LogP contribution in [0.3, 0.4) is 0 Å². The number of aliphatic hydroxyl groups excluding tert-OH is 2. The molecule has 0 aromatic carbocycles.